The minimum absolute atomic E-state index is 0.188. The number of carboxylic acids is 1. The number of alkyl carbamates (subject to hydrolysis) is 1. The van der Waals surface area contributed by atoms with Crippen molar-refractivity contribution in [3.05, 3.63) is 0 Å². The Bertz CT molecular complexity index is 696. The second-order valence-corrected chi connectivity index (χ2v) is 10.4. The van der Waals surface area contributed by atoms with Gasteiger partial charge in [-0.2, -0.15) is 0 Å². The summed E-state index contributed by atoms with van der Waals surface area (Å²) in [6, 6.07) is -1.73. The fourth-order valence-electron chi connectivity index (χ4n) is 4.67. The first-order valence-electron chi connectivity index (χ1n) is 11.7. The predicted molar refractivity (Wildman–Crippen MR) is 119 cm³/mol. The zero-order valence-electron chi connectivity index (χ0n) is 20.0. The summed E-state index contributed by atoms with van der Waals surface area (Å²) < 4.78 is 5.21. The minimum atomic E-state index is -1.00. The molecular weight excluding hydrogens is 414 g/mol. The molecular formula is C23H39N3O6. The van der Waals surface area contributed by atoms with Gasteiger partial charge in [-0.25, -0.2) is 9.59 Å². The molecule has 0 spiro atoms. The Morgan fingerprint density at radius 1 is 1.06 bits per heavy atom. The summed E-state index contributed by atoms with van der Waals surface area (Å²) in [6.07, 6.45) is 5.46. The lowest BCUT2D eigenvalue weighted by Crippen LogP contribution is -2.53. The van der Waals surface area contributed by atoms with Crippen LogP contribution in [0.4, 0.5) is 4.79 Å². The highest BCUT2D eigenvalue weighted by molar-refractivity contribution is 5.91. The Kier molecular flexibility index (Phi) is 8.92. The van der Waals surface area contributed by atoms with E-state index in [1.54, 1.807) is 34.6 Å². The lowest BCUT2D eigenvalue weighted by atomic mass is 9.79. The number of ether oxygens (including phenoxy) is 1. The molecule has 1 aliphatic heterocycles. The molecule has 9 heteroatoms. The number of carbonyl (C=O) groups excluding carboxylic acids is 3. The van der Waals surface area contributed by atoms with Gasteiger partial charge in [0.1, 0.15) is 17.7 Å². The summed E-state index contributed by atoms with van der Waals surface area (Å²) in [5, 5.41) is 14.8. The topological polar surface area (TPSA) is 125 Å². The molecule has 1 heterocycles. The van der Waals surface area contributed by atoms with Crippen LogP contribution in [0.1, 0.15) is 73.1 Å². The van der Waals surface area contributed by atoms with Gasteiger partial charge in [-0.05, 0) is 44.9 Å². The van der Waals surface area contributed by atoms with E-state index in [9.17, 15) is 24.3 Å². The van der Waals surface area contributed by atoms with Gasteiger partial charge in [-0.15, -0.1) is 0 Å². The fourth-order valence-corrected chi connectivity index (χ4v) is 4.67. The zero-order chi connectivity index (χ0) is 24.1. The van der Waals surface area contributed by atoms with Crippen LogP contribution in [0.2, 0.25) is 0 Å². The normalized spacial score (nSPS) is 23.0. The number of hydrogen-bond donors (Lipinski definition) is 3. The standard InChI is InChI=1S/C23H39N3O6/c1-14(2)19(25-22(31)32-23(3,4)5)20(28)24-12-18(27)26-13-16(11-17(26)21(29)30)15-9-7-6-8-10-15/h14-17,19H,6-13H2,1-5H3,(H,24,28)(H,25,31)(H,29,30)/t16?,17?,19-/m0/s1. The average molecular weight is 454 g/mol. The quantitative estimate of drug-likeness (QED) is 0.544. The molecule has 3 amide bonds. The molecule has 182 valence electrons. The SMILES string of the molecule is CC(C)[C@H](NC(=O)OC(C)(C)C)C(=O)NCC(=O)N1CC(C2CCCCC2)CC1C(=O)O. The molecule has 2 fully saturated rings. The van der Waals surface area contributed by atoms with E-state index in [1.807, 2.05) is 0 Å². The van der Waals surface area contributed by atoms with E-state index >= 15 is 0 Å². The van der Waals surface area contributed by atoms with Crippen LogP contribution in [-0.2, 0) is 19.1 Å². The maximum atomic E-state index is 12.8. The molecule has 1 aliphatic carbocycles. The highest BCUT2D eigenvalue weighted by Gasteiger charge is 2.42. The Balaban J connectivity index is 1.95. The maximum Gasteiger partial charge on any atom is 0.408 e. The Morgan fingerprint density at radius 3 is 2.22 bits per heavy atom. The number of likely N-dealkylation sites (tertiary alicyclic amines) is 1. The predicted octanol–water partition coefficient (Wildman–Crippen LogP) is 2.53. The largest absolute Gasteiger partial charge is 0.480 e. The number of hydrogen-bond acceptors (Lipinski definition) is 5. The smallest absolute Gasteiger partial charge is 0.408 e. The van der Waals surface area contributed by atoms with Crippen LogP contribution in [0.25, 0.3) is 0 Å². The number of nitrogens with zero attached hydrogens (tertiary/aromatic N) is 1. The van der Waals surface area contributed by atoms with Gasteiger partial charge in [-0.3, -0.25) is 9.59 Å². The van der Waals surface area contributed by atoms with Crippen LogP contribution in [0.3, 0.4) is 0 Å². The minimum Gasteiger partial charge on any atom is -0.480 e. The number of rotatable bonds is 7. The first-order chi connectivity index (χ1) is 14.9. The van der Waals surface area contributed by atoms with Gasteiger partial charge in [0.2, 0.25) is 11.8 Å². The third-order valence-corrected chi connectivity index (χ3v) is 6.29. The maximum absolute atomic E-state index is 12.8. The molecule has 2 aliphatic rings. The highest BCUT2D eigenvalue weighted by atomic mass is 16.6. The van der Waals surface area contributed by atoms with Crippen molar-refractivity contribution >= 4 is 23.9 Å². The summed E-state index contributed by atoms with van der Waals surface area (Å²) in [7, 11) is 0. The van der Waals surface area contributed by atoms with Gasteiger partial charge in [-0.1, -0.05) is 46.0 Å². The van der Waals surface area contributed by atoms with E-state index in [1.165, 1.54) is 11.3 Å². The molecule has 32 heavy (non-hydrogen) atoms. The molecule has 0 aromatic heterocycles. The zero-order valence-corrected chi connectivity index (χ0v) is 20.0. The molecule has 2 unspecified atom stereocenters. The van der Waals surface area contributed by atoms with E-state index in [-0.39, 0.29) is 18.4 Å². The lowest BCUT2D eigenvalue weighted by molar-refractivity contribution is -0.148. The summed E-state index contributed by atoms with van der Waals surface area (Å²) in [6.45, 7) is 8.85. The Hall–Kier alpha value is -2.32. The van der Waals surface area contributed by atoms with Crippen molar-refractivity contribution in [1.82, 2.24) is 15.5 Å². The van der Waals surface area contributed by atoms with E-state index in [4.69, 9.17) is 4.74 Å². The number of amides is 3. The van der Waals surface area contributed by atoms with E-state index in [2.05, 4.69) is 10.6 Å². The Morgan fingerprint density at radius 2 is 1.69 bits per heavy atom. The highest BCUT2D eigenvalue weighted by Crippen LogP contribution is 2.37. The van der Waals surface area contributed by atoms with Gasteiger partial charge in [0.25, 0.3) is 0 Å². The molecule has 1 saturated carbocycles. The third-order valence-electron chi connectivity index (χ3n) is 6.29. The Labute approximate surface area is 190 Å². The van der Waals surface area contributed by atoms with Gasteiger partial charge in [0.15, 0.2) is 0 Å². The third kappa shape index (κ3) is 7.38. The van der Waals surface area contributed by atoms with E-state index in [0.29, 0.717) is 18.9 Å². The lowest BCUT2D eigenvalue weighted by Gasteiger charge is -2.27. The molecule has 1 saturated heterocycles. The molecule has 9 nitrogen and oxygen atoms in total. The number of aliphatic carboxylic acids is 1. The van der Waals surface area contributed by atoms with Crippen LogP contribution in [0, 0.1) is 17.8 Å². The second kappa shape index (κ2) is 11.0. The summed E-state index contributed by atoms with van der Waals surface area (Å²) in [4.78, 5) is 50.7. The average Bonchev–Trinajstić information content (AvgIpc) is 3.15. The van der Waals surface area contributed by atoms with E-state index < -0.39 is 41.6 Å². The number of carbonyl (C=O) groups is 4. The van der Waals surface area contributed by atoms with Crippen LogP contribution in [0.15, 0.2) is 0 Å². The summed E-state index contributed by atoms with van der Waals surface area (Å²) in [5.41, 5.74) is -0.700. The van der Waals surface area contributed by atoms with Crippen molar-refractivity contribution < 1.29 is 29.0 Å². The fraction of sp³-hybridized carbons (Fsp3) is 0.826. The number of carboxylic acid groups (broad SMARTS) is 1. The molecule has 3 N–H and O–H groups in total. The molecule has 0 aromatic carbocycles. The van der Waals surface area contributed by atoms with Gasteiger partial charge in [0.05, 0.1) is 6.54 Å². The summed E-state index contributed by atoms with van der Waals surface area (Å²) >= 11 is 0. The van der Waals surface area contributed by atoms with Crippen molar-refractivity contribution in [2.75, 3.05) is 13.1 Å². The molecule has 0 radical (unpaired) electrons. The molecule has 3 atom stereocenters. The number of nitrogens with one attached hydrogen (secondary N) is 2. The molecule has 2 rings (SSSR count). The van der Waals surface area contributed by atoms with Crippen LogP contribution in [-0.4, -0.2) is 64.7 Å². The van der Waals surface area contributed by atoms with Crippen LogP contribution in [0.5, 0.6) is 0 Å². The van der Waals surface area contributed by atoms with E-state index in [0.717, 1.165) is 25.7 Å². The van der Waals surface area contributed by atoms with Crippen LogP contribution < -0.4 is 10.6 Å². The monoisotopic (exact) mass is 453 g/mol. The first kappa shape index (κ1) is 25.9. The van der Waals surface area contributed by atoms with Gasteiger partial charge in [0, 0.05) is 6.54 Å². The first-order valence-corrected chi connectivity index (χ1v) is 11.7. The van der Waals surface area contributed by atoms with Crippen molar-refractivity contribution in [3.63, 3.8) is 0 Å². The molecule has 0 bridgehead atoms. The molecule has 0 aromatic rings. The summed E-state index contributed by atoms with van der Waals surface area (Å²) in [5.74, 6) is -1.51. The van der Waals surface area contributed by atoms with Crippen LogP contribution >= 0.6 is 0 Å². The van der Waals surface area contributed by atoms with Crippen molar-refractivity contribution in [2.45, 2.75) is 90.8 Å². The van der Waals surface area contributed by atoms with Gasteiger partial charge < -0.3 is 25.4 Å². The van der Waals surface area contributed by atoms with Crippen molar-refractivity contribution in [2.24, 2.45) is 17.8 Å². The van der Waals surface area contributed by atoms with Crippen molar-refractivity contribution in [3.8, 4) is 0 Å². The second-order valence-electron chi connectivity index (χ2n) is 10.4. The van der Waals surface area contributed by atoms with Gasteiger partial charge >= 0.3 is 12.1 Å². The van der Waals surface area contributed by atoms with Crippen molar-refractivity contribution in [1.29, 1.82) is 0 Å².